The van der Waals surface area contributed by atoms with E-state index in [-0.39, 0.29) is 0 Å². The van der Waals surface area contributed by atoms with E-state index in [4.69, 9.17) is 32.7 Å². The van der Waals surface area contributed by atoms with Crippen LogP contribution in [0.2, 0.25) is 5.02 Å². The van der Waals surface area contributed by atoms with Gasteiger partial charge in [-0.25, -0.2) is 4.39 Å². The van der Waals surface area contributed by atoms with Crippen LogP contribution in [0.15, 0.2) is 30.3 Å². The minimum Gasteiger partial charge on any atom is -0.493 e. The highest BCUT2D eigenvalue weighted by atomic mass is 35.5. The molecule has 0 aromatic heterocycles. The van der Waals surface area contributed by atoms with Crippen molar-refractivity contribution in [1.82, 2.24) is 0 Å². The summed E-state index contributed by atoms with van der Waals surface area (Å²) in [5, 5.41) is -0.177. The summed E-state index contributed by atoms with van der Waals surface area (Å²) >= 11 is 12.7. The summed E-state index contributed by atoms with van der Waals surface area (Å²) < 4.78 is 24.5. The molecule has 1 unspecified atom stereocenters. The molecule has 0 N–H and O–H groups in total. The Hall–Kier alpha value is -1.45. The molecule has 0 saturated carbocycles. The lowest BCUT2D eigenvalue weighted by Crippen LogP contribution is -2.01. The molecule has 0 aliphatic carbocycles. The van der Waals surface area contributed by atoms with Crippen molar-refractivity contribution in [3.05, 3.63) is 57.9 Å². The minimum atomic E-state index is -0.711. The molecule has 112 valence electrons. The molecular formula is C16H15Cl2FO2. The Balaban J connectivity index is 2.53. The monoisotopic (exact) mass is 328 g/mol. The average molecular weight is 329 g/mol. The molecule has 0 fully saturated rings. The fourth-order valence-corrected chi connectivity index (χ4v) is 2.74. The molecule has 5 heteroatoms. The van der Waals surface area contributed by atoms with Crippen LogP contribution in [0.3, 0.4) is 0 Å². The third-order valence-electron chi connectivity index (χ3n) is 3.27. The smallest absolute Gasteiger partial charge is 0.163 e. The zero-order chi connectivity index (χ0) is 15.6. The number of alkyl halides is 1. The summed E-state index contributed by atoms with van der Waals surface area (Å²) in [6.07, 6.45) is 0. The summed E-state index contributed by atoms with van der Waals surface area (Å²) in [7, 11) is 2.94. The molecule has 2 rings (SSSR count). The summed E-state index contributed by atoms with van der Waals surface area (Å²) in [4.78, 5) is 0. The van der Waals surface area contributed by atoms with Crippen molar-refractivity contribution in [1.29, 1.82) is 0 Å². The van der Waals surface area contributed by atoms with E-state index in [9.17, 15) is 4.39 Å². The van der Waals surface area contributed by atoms with Crippen molar-refractivity contribution in [3.8, 4) is 11.5 Å². The summed E-state index contributed by atoms with van der Waals surface area (Å²) in [6.45, 7) is 1.88. The van der Waals surface area contributed by atoms with E-state index < -0.39 is 11.2 Å². The van der Waals surface area contributed by atoms with Crippen molar-refractivity contribution >= 4 is 23.2 Å². The topological polar surface area (TPSA) is 18.5 Å². The second-order valence-electron chi connectivity index (χ2n) is 4.57. The first-order valence-electron chi connectivity index (χ1n) is 6.30. The van der Waals surface area contributed by atoms with Crippen LogP contribution in [0, 0.1) is 12.7 Å². The zero-order valence-corrected chi connectivity index (χ0v) is 13.4. The second kappa shape index (κ2) is 6.54. The molecule has 21 heavy (non-hydrogen) atoms. The van der Waals surface area contributed by atoms with Gasteiger partial charge in [-0.1, -0.05) is 29.8 Å². The number of halogens is 3. The SMILES string of the molecule is COc1cc(F)c(C(Cl)c2cccc(C)c2Cl)cc1OC. The van der Waals surface area contributed by atoms with Crippen LogP contribution in [-0.4, -0.2) is 14.2 Å². The van der Waals surface area contributed by atoms with Crippen LogP contribution in [0.5, 0.6) is 11.5 Å². The normalized spacial score (nSPS) is 12.1. The maximum absolute atomic E-state index is 14.3. The van der Waals surface area contributed by atoms with Gasteiger partial charge in [-0.3, -0.25) is 0 Å². The van der Waals surface area contributed by atoms with E-state index in [0.29, 0.717) is 27.6 Å². The lowest BCUT2D eigenvalue weighted by atomic mass is 10.0. The molecule has 0 heterocycles. The standard InChI is InChI=1S/C16H15Cl2FO2/c1-9-5-4-6-10(15(9)17)16(18)11-7-13(20-2)14(21-3)8-12(11)19/h4-8,16H,1-3H3. The lowest BCUT2D eigenvalue weighted by molar-refractivity contribution is 0.351. The van der Waals surface area contributed by atoms with Crippen LogP contribution in [0.25, 0.3) is 0 Å². The number of hydrogen-bond acceptors (Lipinski definition) is 2. The largest absolute Gasteiger partial charge is 0.493 e. The Bertz CT molecular complexity index is 659. The van der Waals surface area contributed by atoms with Crippen LogP contribution < -0.4 is 9.47 Å². The first-order chi connectivity index (χ1) is 9.99. The molecule has 0 amide bonds. The fraction of sp³-hybridized carbons (Fsp3) is 0.250. The molecule has 1 atom stereocenters. The Morgan fingerprint density at radius 3 is 2.29 bits per heavy atom. The van der Waals surface area contributed by atoms with Crippen LogP contribution in [0.1, 0.15) is 22.1 Å². The maximum Gasteiger partial charge on any atom is 0.163 e. The highest BCUT2D eigenvalue weighted by Crippen LogP contribution is 2.40. The summed E-state index contributed by atoms with van der Waals surface area (Å²) in [5.41, 5.74) is 1.84. The highest BCUT2D eigenvalue weighted by molar-refractivity contribution is 6.33. The van der Waals surface area contributed by atoms with Crippen LogP contribution >= 0.6 is 23.2 Å². The summed E-state index contributed by atoms with van der Waals surface area (Å²) in [5.74, 6) is 0.270. The van der Waals surface area contributed by atoms with Gasteiger partial charge in [0.1, 0.15) is 5.82 Å². The van der Waals surface area contributed by atoms with Gasteiger partial charge in [-0.15, -0.1) is 11.6 Å². The van der Waals surface area contributed by atoms with Crippen molar-refractivity contribution in [2.75, 3.05) is 14.2 Å². The molecule has 0 saturated heterocycles. The molecule has 2 aromatic rings. The average Bonchev–Trinajstić information content (AvgIpc) is 2.49. The first-order valence-corrected chi connectivity index (χ1v) is 7.11. The predicted octanol–water partition coefficient (Wildman–Crippen LogP) is 5.13. The molecule has 0 aliphatic rings. The summed E-state index contributed by atoms with van der Waals surface area (Å²) in [6, 6.07) is 8.28. The molecule has 0 radical (unpaired) electrons. The Labute approximate surface area is 133 Å². The van der Waals surface area contributed by atoms with Crippen molar-refractivity contribution in [3.63, 3.8) is 0 Å². The molecular weight excluding hydrogens is 314 g/mol. The van der Waals surface area contributed by atoms with Gasteiger partial charge in [0.2, 0.25) is 0 Å². The lowest BCUT2D eigenvalue weighted by Gasteiger charge is -2.16. The van der Waals surface area contributed by atoms with Gasteiger partial charge in [0.05, 0.1) is 19.6 Å². The van der Waals surface area contributed by atoms with Crippen molar-refractivity contribution in [2.45, 2.75) is 12.3 Å². The molecule has 2 nitrogen and oxygen atoms in total. The molecule has 2 aromatic carbocycles. The van der Waals surface area contributed by atoms with E-state index in [1.807, 2.05) is 19.1 Å². The van der Waals surface area contributed by atoms with Gasteiger partial charge >= 0.3 is 0 Å². The van der Waals surface area contributed by atoms with Gasteiger partial charge in [-0.05, 0) is 24.1 Å². The van der Waals surface area contributed by atoms with Gasteiger partial charge in [-0.2, -0.15) is 0 Å². The van der Waals surface area contributed by atoms with Crippen molar-refractivity contribution < 1.29 is 13.9 Å². The van der Waals surface area contributed by atoms with E-state index in [0.717, 1.165) is 5.56 Å². The fourth-order valence-electron chi connectivity index (χ4n) is 2.10. The van der Waals surface area contributed by atoms with Gasteiger partial charge in [0.25, 0.3) is 0 Å². The maximum atomic E-state index is 14.3. The van der Waals surface area contributed by atoms with Crippen molar-refractivity contribution in [2.24, 2.45) is 0 Å². The Kier molecular flexibility index (Phi) is 4.96. The number of ether oxygens (including phenoxy) is 2. The molecule has 0 spiro atoms. The molecule has 0 aliphatic heterocycles. The van der Waals surface area contributed by atoms with E-state index in [1.54, 1.807) is 6.07 Å². The Morgan fingerprint density at radius 2 is 1.67 bits per heavy atom. The highest BCUT2D eigenvalue weighted by Gasteiger charge is 2.21. The third-order valence-corrected chi connectivity index (χ3v) is 4.26. The van der Waals surface area contributed by atoms with Gasteiger partial charge in [0, 0.05) is 16.7 Å². The Morgan fingerprint density at radius 1 is 1.05 bits per heavy atom. The zero-order valence-electron chi connectivity index (χ0n) is 11.9. The third kappa shape index (κ3) is 3.09. The van der Waals surface area contributed by atoms with E-state index in [2.05, 4.69) is 0 Å². The van der Waals surface area contributed by atoms with Gasteiger partial charge < -0.3 is 9.47 Å². The number of rotatable bonds is 4. The number of benzene rings is 2. The van der Waals surface area contributed by atoms with E-state index in [1.165, 1.54) is 26.4 Å². The minimum absolute atomic E-state index is 0.293. The predicted molar refractivity (Wildman–Crippen MR) is 83.4 cm³/mol. The quantitative estimate of drug-likeness (QED) is 0.724. The molecule has 0 bridgehead atoms. The first kappa shape index (κ1) is 15.9. The van der Waals surface area contributed by atoms with E-state index >= 15 is 0 Å². The van der Waals surface area contributed by atoms with Crippen LogP contribution in [-0.2, 0) is 0 Å². The number of hydrogen-bond donors (Lipinski definition) is 0. The number of aryl methyl sites for hydroxylation is 1. The number of methoxy groups -OCH3 is 2. The van der Waals surface area contributed by atoms with Crippen LogP contribution in [0.4, 0.5) is 4.39 Å². The second-order valence-corrected chi connectivity index (χ2v) is 5.38. The van der Waals surface area contributed by atoms with Gasteiger partial charge in [0.15, 0.2) is 11.5 Å².